The van der Waals surface area contributed by atoms with Crippen LogP contribution in [0.2, 0.25) is 0 Å². The summed E-state index contributed by atoms with van der Waals surface area (Å²) in [5.41, 5.74) is 3.31. The minimum atomic E-state index is -0.371. The highest BCUT2D eigenvalue weighted by Crippen LogP contribution is 2.35. The quantitative estimate of drug-likeness (QED) is 0.370. The van der Waals surface area contributed by atoms with Gasteiger partial charge < -0.3 is 10.6 Å². The van der Waals surface area contributed by atoms with Crippen LogP contribution < -0.4 is 21.9 Å². The molecule has 5 N–H and O–H groups in total. The van der Waals surface area contributed by atoms with E-state index in [9.17, 15) is 14.1 Å². The Bertz CT molecular complexity index is 789. The van der Waals surface area contributed by atoms with Gasteiger partial charge in [0.15, 0.2) is 0 Å². The maximum Gasteiger partial charge on any atom is 0.263 e. The molecule has 1 aliphatic rings. The summed E-state index contributed by atoms with van der Waals surface area (Å²) in [5, 5.41) is 6.19. The van der Waals surface area contributed by atoms with Crippen LogP contribution in [-0.4, -0.2) is 30.0 Å². The normalized spacial score (nSPS) is 17.1. The fourth-order valence-electron chi connectivity index (χ4n) is 2.77. The minimum Gasteiger partial charge on any atom is -0.347 e. The Labute approximate surface area is 147 Å². The zero-order chi connectivity index (χ0) is 17.8. The van der Waals surface area contributed by atoms with Crippen molar-refractivity contribution in [2.24, 2.45) is 5.84 Å². The molecule has 0 spiro atoms. The van der Waals surface area contributed by atoms with Gasteiger partial charge >= 0.3 is 0 Å². The molecule has 25 heavy (non-hydrogen) atoms. The van der Waals surface area contributed by atoms with Gasteiger partial charge in [-0.2, -0.15) is 0 Å². The molecule has 1 fully saturated rings. The summed E-state index contributed by atoms with van der Waals surface area (Å²) < 4.78 is 13.5. The molecule has 0 aliphatic carbocycles. The second-order valence-corrected chi connectivity index (χ2v) is 6.87. The van der Waals surface area contributed by atoms with E-state index in [2.05, 4.69) is 16.1 Å². The van der Waals surface area contributed by atoms with Crippen LogP contribution in [0.3, 0.4) is 0 Å². The molecular weight excluding hydrogens is 345 g/mol. The third-order valence-electron chi connectivity index (χ3n) is 3.91. The van der Waals surface area contributed by atoms with E-state index in [0.717, 1.165) is 19.4 Å². The summed E-state index contributed by atoms with van der Waals surface area (Å²) in [6.07, 6.45) is 1.89. The summed E-state index contributed by atoms with van der Waals surface area (Å²) in [7, 11) is 0. The van der Waals surface area contributed by atoms with Crippen LogP contribution in [0, 0.1) is 10.7 Å². The number of halogens is 1. The lowest BCUT2D eigenvalue weighted by atomic mass is 10.1. The highest BCUT2D eigenvalue weighted by atomic mass is 32.1. The van der Waals surface area contributed by atoms with E-state index < -0.39 is 0 Å². The highest BCUT2D eigenvalue weighted by Gasteiger charge is 2.23. The molecule has 7 nitrogen and oxygen atoms in total. The molecule has 1 aliphatic heterocycles. The first kappa shape index (κ1) is 17.3. The zero-order valence-corrected chi connectivity index (χ0v) is 14.2. The molecular formula is C16H19FN5O2S+. The van der Waals surface area contributed by atoms with Crippen LogP contribution in [0.15, 0.2) is 30.3 Å². The van der Waals surface area contributed by atoms with Crippen molar-refractivity contribution in [2.75, 3.05) is 18.5 Å². The van der Waals surface area contributed by atoms with Gasteiger partial charge in [0.05, 0.1) is 4.91 Å². The highest BCUT2D eigenvalue weighted by molar-refractivity contribution is 7.18. The van der Waals surface area contributed by atoms with Crippen molar-refractivity contribution in [3.8, 4) is 10.4 Å². The number of rotatable bonds is 5. The first-order chi connectivity index (χ1) is 12.0. The molecule has 0 radical (unpaired) electrons. The minimum absolute atomic E-state index is 0.0371. The van der Waals surface area contributed by atoms with Crippen LogP contribution in [0.4, 0.5) is 10.1 Å². The number of hydrogen-bond acceptors (Lipinski definition) is 4. The van der Waals surface area contributed by atoms with E-state index in [-0.39, 0.29) is 22.7 Å². The number of nitroso groups, excluding NO2 is 1. The number of piperidine rings is 1. The average molecular weight is 364 g/mol. The van der Waals surface area contributed by atoms with E-state index in [4.69, 9.17) is 5.84 Å². The second-order valence-electron chi connectivity index (χ2n) is 5.82. The number of nitrogens with two attached hydrogens (primary N) is 1. The molecule has 0 saturated carbocycles. The molecule has 3 rings (SSSR count). The predicted molar refractivity (Wildman–Crippen MR) is 94.5 cm³/mol. The fourth-order valence-corrected chi connectivity index (χ4v) is 3.78. The largest absolute Gasteiger partial charge is 0.347 e. The van der Waals surface area contributed by atoms with Gasteiger partial charge in [0.25, 0.3) is 5.91 Å². The average Bonchev–Trinajstić information content (AvgIpc) is 2.99. The number of amides is 1. The van der Waals surface area contributed by atoms with Crippen molar-refractivity contribution < 1.29 is 14.2 Å². The Hall–Kier alpha value is -2.52. The van der Waals surface area contributed by atoms with Gasteiger partial charge in [-0.1, -0.05) is 17.6 Å². The lowest BCUT2D eigenvalue weighted by molar-refractivity contribution is -0.529. The number of benzene rings is 1. The number of carbonyl (C=O) groups excluding carboxylic acids is 1. The van der Waals surface area contributed by atoms with Gasteiger partial charge in [0, 0.05) is 17.5 Å². The SMILES string of the molecule is N[N+](=O)Nc1cc(-c2cccc(F)c2)sc1C(=O)NC1CCCNC1. The molecule has 1 atom stereocenters. The topological polar surface area (TPSA) is 99.3 Å². The molecule has 1 aromatic carbocycles. The predicted octanol–water partition coefficient (Wildman–Crippen LogP) is 2.02. The summed E-state index contributed by atoms with van der Waals surface area (Å²) in [6.45, 7) is 1.65. The first-order valence-corrected chi connectivity index (χ1v) is 8.74. The Kier molecular flexibility index (Phi) is 5.25. The van der Waals surface area contributed by atoms with Gasteiger partial charge in [0.1, 0.15) is 16.4 Å². The fraction of sp³-hybridized carbons (Fsp3) is 0.312. The van der Waals surface area contributed by atoms with Gasteiger partial charge in [-0.15, -0.1) is 17.2 Å². The Morgan fingerprint density at radius 3 is 2.92 bits per heavy atom. The van der Waals surface area contributed by atoms with Crippen LogP contribution in [0.1, 0.15) is 22.5 Å². The zero-order valence-electron chi connectivity index (χ0n) is 13.4. The van der Waals surface area contributed by atoms with Crippen molar-refractivity contribution in [1.82, 2.24) is 10.6 Å². The number of nitrogens with zero attached hydrogens (tertiary/aromatic N) is 1. The summed E-state index contributed by atoms with van der Waals surface area (Å²) in [4.78, 5) is 24.8. The Morgan fingerprint density at radius 1 is 1.40 bits per heavy atom. The van der Waals surface area contributed by atoms with Gasteiger partial charge in [0.2, 0.25) is 4.98 Å². The van der Waals surface area contributed by atoms with Crippen LogP contribution in [-0.2, 0) is 0 Å². The number of nitrogens with one attached hydrogen (secondary N) is 3. The summed E-state index contributed by atoms with van der Waals surface area (Å²) >= 11 is 1.18. The molecule has 2 aromatic rings. The Balaban J connectivity index is 1.87. The van der Waals surface area contributed by atoms with Crippen LogP contribution >= 0.6 is 11.3 Å². The maximum atomic E-state index is 13.5. The van der Waals surface area contributed by atoms with E-state index in [1.165, 1.54) is 23.5 Å². The third-order valence-corrected chi connectivity index (χ3v) is 5.09. The number of hydrazine groups is 2. The number of anilines is 1. The maximum absolute atomic E-state index is 13.5. The van der Waals surface area contributed by atoms with Crippen molar-refractivity contribution in [3.05, 3.63) is 45.9 Å². The number of hydrogen-bond donors (Lipinski definition) is 4. The van der Waals surface area contributed by atoms with Gasteiger partial charge in [-0.05, 0) is 43.1 Å². The van der Waals surface area contributed by atoms with E-state index >= 15 is 0 Å². The smallest absolute Gasteiger partial charge is 0.263 e. The van der Waals surface area contributed by atoms with Gasteiger partial charge in [-0.3, -0.25) is 4.79 Å². The molecule has 2 heterocycles. The van der Waals surface area contributed by atoms with E-state index in [1.54, 1.807) is 18.2 Å². The number of thiophene rings is 1. The van der Waals surface area contributed by atoms with Crippen LogP contribution in [0.5, 0.6) is 0 Å². The van der Waals surface area contributed by atoms with Crippen LogP contribution in [0.25, 0.3) is 10.4 Å². The summed E-state index contributed by atoms with van der Waals surface area (Å²) in [6, 6.07) is 7.70. The number of carbonyl (C=O) groups is 1. The summed E-state index contributed by atoms with van der Waals surface area (Å²) in [5.74, 6) is 4.46. The third kappa shape index (κ3) is 4.31. The first-order valence-electron chi connectivity index (χ1n) is 7.93. The lowest BCUT2D eigenvalue weighted by Crippen LogP contribution is -2.45. The molecule has 1 amide bonds. The van der Waals surface area contributed by atoms with Crippen molar-refractivity contribution in [3.63, 3.8) is 0 Å². The molecule has 0 bridgehead atoms. The van der Waals surface area contributed by atoms with Crippen molar-refractivity contribution in [2.45, 2.75) is 18.9 Å². The molecule has 1 aromatic heterocycles. The lowest BCUT2D eigenvalue weighted by Gasteiger charge is -2.23. The Morgan fingerprint density at radius 2 is 2.24 bits per heavy atom. The van der Waals surface area contributed by atoms with E-state index in [0.29, 0.717) is 27.5 Å². The standard InChI is InChI=1S/C16H18FN5O2S/c17-11-4-1-3-10(7-11)14-8-13(21-22(18)24)15(25-14)16(23)20-12-5-2-6-19-9-12/h1,3-4,7-8,12,19H,2,5-6,9H2,(H3-,18,20,21,23,24)/p+1. The van der Waals surface area contributed by atoms with Crippen molar-refractivity contribution >= 4 is 22.9 Å². The second kappa shape index (κ2) is 7.58. The molecule has 132 valence electrons. The van der Waals surface area contributed by atoms with E-state index in [1.807, 2.05) is 0 Å². The molecule has 1 unspecified atom stereocenters. The molecule has 9 heteroatoms. The van der Waals surface area contributed by atoms with Gasteiger partial charge in [-0.25, -0.2) is 4.39 Å². The molecule has 1 saturated heterocycles. The van der Waals surface area contributed by atoms with Crippen molar-refractivity contribution in [1.29, 1.82) is 0 Å². The monoisotopic (exact) mass is 364 g/mol.